The molecule has 0 heterocycles. The predicted molar refractivity (Wildman–Crippen MR) is 92.0 cm³/mol. The third-order valence-corrected chi connectivity index (χ3v) is 4.64. The van der Waals surface area contributed by atoms with Gasteiger partial charge in [-0.05, 0) is 47.6 Å². The Labute approximate surface area is 138 Å². The van der Waals surface area contributed by atoms with Gasteiger partial charge in [-0.1, -0.05) is 55.7 Å². The lowest BCUT2D eigenvalue weighted by atomic mass is 9.84. The average molecular weight is 311 g/mol. The summed E-state index contributed by atoms with van der Waals surface area (Å²) in [6.45, 7) is 1.01. The van der Waals surface area contributed by atoms with E-state index in [0.29, 0.717) is 13.2 Å². The monoisotopic (exact) mass is 311 g/mol. The van der Waals surface area contributed by atoms with Crippen molar-refractivity contribution in [3.63, 3.8) is 0 Å². The molecule has 3 nitrogen and oxygen atoms in total. The molecule has 0 aliphatic heterocycles. The first-order valence-electron chi connectivity index (χ1n) is 8.47. The second-order valence-corrected chi connectivity index (χ2v) is 6.32. The Morgan fingerprint density at radius 2 is 1.39 bits per heavy atom. The van der Waals surface area contributed by atoms with Crippen LogP contribution in [-0.4, -0.2) is 0 Å². The molecule has 0 saturated heterocycles. The topological polar surface area (TPSA) is 44.5 Å². The van der Waals surface area contributed by atoms with Crippen LogP contribution in [0.15, 0.2) is 48.5 Å². The fourth-order valence-corrected chi connectivity index (χ4v) is 3.27. The second-order valence-electron chi connectivity index (χ2n) is 6.32. The van der Waals surface area contributed by atoms with Gasteiger partial charge >= 0.3 is 0 Å². The van der Waals surface area contributed by atoms with Crippen molar-refractivity contribution in [3.05, 3.63) is 65.2 Å². The molecule has 2 N–H and O–H groups in total. The van der Waals surface area contributed by atoms with Gasteiger partial charge in [-0.3, -0.25) is 4.84 Å². The summed E-state index contributed by atoms with van der Waals surface area (Å²) >= 11 is 0. The standard InChI is InChI=1S/C20H25NO2/c21-23-15-17-8-12-20(13-9-17)22-14-16-6-10-19(11-7-16)18-4-2-1-3-5-18/h6-13,18H,1-5,14-15,21H2. The van der Waals surface area contributed by atoms with Crippen molar-refractivity contribution in [1.82, 2.24) is 0 Å². The van der Waals surface area contributed by atoms with E-state index < -0.39 is 0 Å². The van der Waals surface area contributed by atoms with E-state index in [4.69, 9.17) is 10.6 Å². The zero-order valence-electron chi connectivity index (χ0n) is 13.5. The molecule has 0 radical (unpaired) electrons. The highest BCUT2D eigenvalue weighted by Crippen LogP contribution is 2.32. The van der Waals surface area contributed by atoms with Crippen LogP contribution in [0.25, 0.3) is 0 Å². The Balaban J connectivity index is 1.53. The molecule has 1 fully saturated rings. The van der Waals surface area contributed by atoms with Crippen LogP contribution in [0.4, 0.5) is 0 Å². The van der Waals surface area contributed by atoms with Crippen LogP contribution < -0.4 is 10.6 Å². The van der Waals surface area contributed by atoms with Gasteiger partial charge in [0.05, 0.1) is 6.61 Å². The van der Waals surface area contributed by atoms with Gasteiger partial charge in [-0.2, -0.15) is 0 Å². The summed E-state index contributed by atoms with van der Waals surface area (Å²) in [4.78, 5) is 4.62. The van der Waals surface area contributed by atoms with Crippen molar-refractivity contribution in [2.75, 3.05) is 0 Å². The highest BCUT2D eigenvalue weighted by molar-refractivity contribution is 5.28. The number of rotatable bonds is 6. The SMILES string of the molecule is NOCc1ccc(OCc2ccc(C3CCCCC3)cc2)cc1. The Hall–Kier alpha value is -1.84. The summed E-state index contributed by atoms with van der Waals surface area (Å²) in [6, 6.07) is 16.8. The minimum absolute atomic E-state index is 0.420. The van der Waals surface area contributed by atoms with E-state index >= 15 is 0 Å². The number of hydrogen-bond donors (Lipinski definition) is 1. The Morgan fingerprint density at radius 1 is 0.783 bits per heavy atom. The first-order valence-corrected chi connectivity index (χ1v) is 8.47. The van der Waals surface area contributed by atoms with Gasteiger partial charge in [-0.25, -0.2) is 5.90 Å². The molecule has 1 saturated carbocycles. The van der Waals surface area contributed by atoms with E-state index in [1.807, 2.05) is 24.3 Å². The zero-order valence-corrected chi connectivity index (χ0v) is 13.5. The predicted octanol–water partition coefficient (Wildman–Crippen LogP) is 4.70. The maximum absolute atomic E-state index is 5.84. The maximum atomic E-state index is 5.84. The molecule has 122 valence electrons. The van der Waals surface area contributed by atoms with Crippen molar-refractivity contribution < 1.29 is 9.57 Å². The summed E-state index contributed by atoms with van der Waals surface area (Å²) in [6.07, 6.45) is 6.84. The summed E-state index contributed by atoms with van der Waals surface area (Å²) in [7, 11) is 0. The van der Waals surface area contributed by atoms with Crippen LogP contribution in [-0.2, 0) is 18.1 Å². The summed E-state index contributed by atoms with van der Waals surface area (Å²) in [5, 5.41) is 0. The van der Waals surface area contributed by atoms with Crippen molar-refractivity contribution >= 4 is 0 Å². The van der Waals surface area contributed by atoms with Gasteiger partial charge in [0.15, 0.2) is 0 Å². The number of nitrogens with two attached hydrogens (primary N) is 1. The van der Waals surface area contributed by atoms with Gasteiger partial charge in [-0.15, -0.1) is 0 Å². The summed E-state index contributed by atoms with van der Waals surface area (Å²) in [5.41, 5.74) is 3.73. The van der Waals surface area contributed by atoms with Crippen LogP contribution in [0.3, 0.4) is 0 Å². The molecule has 0 unspecified atom stereocenters. The lowest BCUT2D eigenvalue weighted by Crippen LogP contribution is -2.04. The molecule has 0 spiro atoms. The van der Waals surface area contributed by atoms with Crippen molar-refractivity contribution in [2.45, 2.75) is 51.2 Å². The van der Waals surface area contributed by atoms with E-state index in [9.17, 15) is 0 Å². The van der Waals surface area contributed by atoms with Crippen molar-refractivity contribution in [3.8, 4) is 5.75 Å². The molecule has 23 heavy (non-hydrogen) atoms. The van der Waals surface area contributed by atoms with Gasteiger partial charge < -0.3 is 4.74 Å². The van der Waals surface area contributed by atoms with Crippen LogP contribution in [0.1, 0.15) is 54.7 Å². The molecular formula is C20H25NO2. The highest BCUT2D eigenvalue weighted by atomic mass is 16.6. The fourth-order valence-electron chi connectivity index (χ4n) is 3.27. The van der Waals surface area contributed by atoms with E-state index in [2.05, 4.69) is 29.1 Å². The molecule has 1 aliphatic carbocycles. The van der Waals surface area contributed by atoms with E-state index in [1.54, 1.807) is 0 Å². The molecule has 0 bridgehead atoms. The lowest BCUT2D eigenvalue weighted by Gasteiger charge is -2.22. The fraction of sp³-hybridized carbons (Fsp3) is 0.400. The molecule has 0 atom stereocenters. The Morgan fingerprint density at radius 3 is 2.04 bits per heavy atom. The van der Waals surface area contributed by atoms with Crippen molar-refractivity contribution in [2.24, 2.45) is 5.90 Å². The highest BCUT2D eigenvalue weighted by Gasteiger charge is 2.15. The quantitative estimate of drug-likeness (QED) is 0.786. The van der Waals surface area contributed by atoms with E-state index in [1.165, 1.54) is 43.2 Å². The minimum Gasteiger partial charge on any atom is -0.489 e. The second kappa shape index (κ2) is 8.14. The van der Waals surface area contributed by atoms with Gasteiger partial charge in [0.2, 0.25) is 0 Å². The van der Waals surface area contributed by atoms with Crippen LogP contribution >= 0.6 is 0 Å². The molecule has 2 aromatic carbocycles. The maximum Gasteiger partial charge on any atom is 0.119 e. The number of hydrogen-bond acceptors (Lipinski definition) is 3. The van der Waals surface area contributed by atoms with E-state index in [0.717, 1.165) is 17.2 Å². The number of ether oxygens (including phenoxy) is 1. The van der Waals surface area contributed by atoms with Gasteiger partial charge in [0.25, 0.3) is 0 Å². The molecular weight excluding hydrogens is 286 g/mol. The first-order chi connectivity index (χ1) is 11.3. The third kappa shape index (κ3) is 4.57. The summed E-state index contributed by atoms with van der Waals surface area (Å²) in [5.74, 6) is 6.69. The molecule has 3 heteroatoms. The van der Waals surface area contributed by atoms with Gasteiger partial charge in [0, 0.05) is 0 Å². The lowest BCUT2D eigenvalue weighted by molar-refractivity contribution is 0.124. The van der Waals surface area contributed by atoms with Crippen LogP contribution in [0.5, 0.6) is 5.75 Å². The third-order valence-electron chi connectivity index (χ3n) is 4.64. The molecule has 3 rings (SSSR count). The van der Waals surface area contributed by atoms with Gasteiger partial charge in [0.1, 0.15) is 12.4 Å². The smallest absolute Gasteiger partial charge is 0.119 e. The molecule has 0 aromatic heterocycles. The van der Waals surface area contributed by atoms with Crippen molar-refractivity contribution in [1.29, 1.82) is 0 Å². The molecule has 2 aromatic rings. The minimum atomic E-state index is 0.420. The Bertz CT molecular complexity index is 586. The normalized spacial score (nSPS) is 15.5. The molecule has 0 amide bonds. The number of benzene rings is 2. The van der Waals surface area contributed by atoms with Crippen LogP contribution in [0, 0.1) is 0 Å². The Kier molecular flexibility index (Phi) is 5.67. The first kappa shape index (κ1) is 16.0. The van der Waals surface area contributed by atoms with E-state index in [-0.39, 0.29) is 0 Å². The van der Waals surface area contributed by atoms with Crippen LogP contribution in [0.2, 0.25) is 0 Å². The average Bonchev–Trinajstić information content (AvgIpc) is 2.63. The largest absolute Gasteiger partial charge is 0.489 e. The summed E-state index contributed by atoms with van der Waals surface area (Å²) < 4.78 is 5.84. The molecule has 1 aliphatic rings. The zero-order chi connectivity index (χ0) is 15.9.